The van der Waals surface area contributed by atoms with Crippen LogP contribution in [0.1, 0.15) is 15.6 Å². The van der Waals surface area contributed by atoms with Crippen molar-refractivity contribution in [3.05, 3.63) is 64.4 Å². The molecule has 1 aromatic carbocycles. The van der Waals surface area contributed by atoms with Crippen molar-refractivity contribution >= 4 is 11.3 Å². The number of rotatable bonds is 6. The largest absolute Gasteiger partial charge is 0.468 e. The van der Waals surface area contributed by atoms with Gasteiger partial charge in [0.2, 0.25) is 0 Å². The number of nitrogens with one attached hydrogen (secondary N) is 1. The van der Waals surface area contributed by atoms with Crippen molar-refractivity contribution in [2.24, 2.45) is 0 Å². The van der Waals surface area contributed by atoms with Gasteiger partial charge in [0.15, 0.2) is 0 Å². The molecule has 0 aliphatic rings. The first kappa shape index (κ1) is 14.0. The third-order valence-electron chi connectivity index (χ3n) is 3.28. The number of aryl methyl sites for hydroxylation is 1. The van der Waals surface area contributed by atoms with Crippen molar-refractivity contribution in [2.45, 2.75) is 19.9 Å². The summed E-state index contributed by atoms with van der Waals surface area (Å²) < 4.78 is 5.29. The Kier molecular flexibility index (Phi) is 4.48. The van der Waals surface area contributed by atoms with E-state index in [9.17, 15) is 0 Å². The molecule has 2 aromatic heterocycles. The molecule has 0 bridgehead atoms. The molecule has 0 radical (unpaired) electrons. The van der Waals surface area contributed by atoms with Crippen LogP contribution in [0.25, 0.3) is 11.3 Å². The van der Waals surface area contributed by atoms with E-state index in [2.05, 4.69) is 36.5 Å². The van der Waals surface area contributed by atoms with Crippen molar-refractivity contribution in [3.63, 3.8) is 0 Å². The van der Waals surface area contributed by atoms with Gasteiger partial charge in [-0.2, -0.15) is 0 Å². The Hall–Kier alpha value is -1.91. The summed E-state index contributed by atoms with van der Waals surface area (Å²) in [5.74, 6) is 0.968. The van der Waals surface area contributed by atoms with Gasteiger partial charge in [-0.1, -0.05) is 30.3 Å². The van der Waals surface area contributed by atoms with Crippen molar-refractivity contribution in [1.29, 1.82) is 0 Å². The lowest BCUT2D eigenvalue weighted by Gasteiger charge is -2.00. The Morgan fingerprint density at radius 2 is 2.00 bits per heavy atom. The zero-order valence-corrected chi connectivity index (χ0v) is 12.8. The van der Waals surface area contributed by atoms with Crippen LogP contribution in [0.5, 0.6) is 0 Å². The van der Waals surface area contributed by atoms with E-state index < -0.39 is 0 Å². The highest BCUT2D eigenvalue weighted by Crippen LogP contribution is 2.27. The van der Waals surface area contributed by atoms with Crippen molar-refractivity contribution in [3.8, 4) is 11.3 Å². The standard InChI is InChI=1S/C17H18N2OS/c1-13-17(14-6-3-2-4-7-14)19-16(21-13)9-10-18-12-15-8-5-11-20-15/h2-8,11,18H,9-10,12H2,1H3. The molecule has 0 unspecified atom stereocenters. The summed E-state index contributed by atoms with van der Waals surface area (Å²) in [4.78, 5) is 6.05. The number of hydrogen-bond donors (Lipinski definition) is 1. The third kappa shape index (κ3) is 3.60. The smallest absolute Gasteiger partial charge is 0.117 e. The highest BCUT2D eigenvalue weighted by Gasteiger charge is 2.09. The molecule has 0 saturated heterocycles. The van der Waals surface area contributed by atoms with E-state index in [1.807, 2.05) is 18.2 Å². The summed E-state index contributed by atoms with van der Waals surface area (Å²) in [7, 11) is 0. The fourth-order valence-electron chi connectivity index (χ4n) is 2.24. The van der Waals surface area contributed by atoms with Crippen LogP contribution < -0.4 is 5.32 Å². The lowest BCUT2D eigenvalue weighted by Crippen LogP contribution is -2.16. The van der Waals surface area contributed by atoms with Crippen molar-refractivity contribution in [2.75, 3.05) is 6.54 Å². The van der Waals surface area contributed by atoms with E-state index >= 15 is 0 Å². The fourth-order valence-corrected chi connectivity index (χ4v) is 3.20. The van der Waals surface area contributed by atoms with E-state index in [0.29, 0.717) is 0 Å². The monoisotopic (exact) mass is 298 g/mol. The second-order valence-corrected chi connectivity index (χ2v) is 6.17. The average molecular weight is 298 g/mol. The van der Waals surface area contributed by atoms with E-state index in [1.54, 1.807) is 17.6 Å². The van der Waals surface area contributed by atoms with Gasteiger partial charge in [0, 0.05) is 23.4 Å². The number of furan rings is 1. The number of hydrogen-bond acceptors (Lipinski definition) is 4. The third-order valence-corrected chi connectivity index (χ3v) is 4.31. The normalized spacial score (nSPS) is 10.9. The Labute approximate surface area is 128 Å². The molecule has 0 spiro atoms. The molecular weight excluding hydrogens is 280 g/mol. The quantitative estimate of drug-likeness (QED) is 0.698. The molecule has 0 saturated carbocycles. The molecule has 2 heterocycles. The summed E-state index contributed by atoms with van der Waals surface area (Å²) in [5.41, 5.74) is 2.31. The first-order chi connectivity index (χ1) is 10.3. The van der Waals surface area contributed by atoms with E-state index in [4.69, 9.17) is 9.40 Å². The van der Waals surface area contributed by atoms with Gasteiger partial charge in [-0.25, -0.2) is 4.98 Å². The molecular formula is C17H18N2OS. The van der Waals surface area contributed by atoms with Crippen LogP contribution in [0, 0.1) is 6.92 Å². The maximum absolute atomic E-state index is 5.29. The molecule has 0 aliphatic heterocycles. The number of thiazole rings is 1. The van der Waals surface area contributed by atoms with Crippen molar-refractivity contribution in [1.82, 2.24) is 10.3 Å². The number of nitrogens with zero attached hydrogens (tertiary/aromatic N) is 1. The van der Waals surface area contributed by atoms with Crippen LogP contribution in [-0.2, 0) is 13.0 Å². The van der Waals surface area contributed by atoms with Crippen LogP contribution in [0.3, 0.4) is 0 Å². The predicted octanol–water partition coefficient (Wildman–Crippen LogP) is 4.04. The van der Waals surface area contributed by atoms with Gasteiger partial charge in [0.05, 0.1) is 23.5 Å². The lowest BCUT2D eigenvalue weighted by atomic mass is 10.1. The Morgan fingerprint density at radius 1 is 1.14 bits per heavy atom. The van der Waals surface area contributed by atoms with E-state index in [0.717, 1.165) is 31.0 Å². The zero-order valence-electron chi connectivity index (χ0n) is 12.0. The minimum absolute atomic E-state index is 0.767. The van der Waals surface area contributed by atoms with Crippen LogP contribution >= 0.6 is 11.3 Å². The second kappa shape index (κ2) is 6.70. The first-order valence-corrected chi connectivity index (χ1v) is 7.89. The van der Waals surface area contributed by atoms with Crippen LogP contribution in [0.2, 0.25) is 0 Å². The van der Waals surface area contributed by atoms with Gasteiger partial charge >= 0.3 is 0 Å². The maximum atomic E-state index is 5.29. The molecule has 21 heavy (non-hydrogen) atoms. The first-order valence-electron chi connectivity index (χ1n) is 7.08. The van der Waals surface area contributed by atoms with E-state index in [-0.39, 0.29) is 0 Å². The zero-order chi connectivity index (χ0) is 14.5. The number of benzene rings is 1. The Bertz CT molecular complexity index is 674. The highest BCUT2D eigenvalue weighted by molar-refractivity contribution is 7.12. The predicted molar refractivity (Wildman–Crippen MR) is 86.4 cm³/mol. The Morgan fingerprint density at radius 3 is 2.76 bits per heavy atom. The van der Waals surface area contributed by atoms with Crippen LogP contribution in [0.4, 0.5) is 0 Å². The summed E-state index contributed by atoms with van der Waals surface area (Å²) in [6.45, 7) is 3.81. The maximum Gasteiger partial charge on any atom is 0.117 e. The Balaban J connectivity index is 1.57. The molecule has 3 aromatic rings. The fraction of sp³-hybridized carbons (Fsp3) is 0.235. The minimum atomic E-state index is 0.767. The summed E-state index contributed by atoms with van der Waals surface area (Å²) in [5, 5.41) is 4.56. The van der Waals surface area contributed by atoms with Gasteiger partial charge in [-0.3, -0.25) is 0 Å². The molecule has 0 atom stereocenters. The highest BCUT2D eigenvalue weighted by atomic mass is 32.1. The van der Waals surface area contributed by atoms with Gasteiger partial charge in [-0.05, 0) is 19.1 Å². The molecule has 4 heteroatoms. The minimum Gasteiger partial charge on any atom is -0.468 e. The molecule has 0 aliphatic carbocycles. The molecule has 0 amide bonds. The summed E-state index contributed by atoms with van der Waals surface area (Å²) in [6.07, 6.45) is 2.65. The summed E-state index contributed by atoms with van der Waals surface area (Å²) >= 11 is 1.78. The van der Waals surface area contributed by atoms with Gasteiger partial charge in [0.1, 0.15) is 5.76 Å². The topological polar surface area (TPSA) is 38.1 Å². The van der Waals surface area contributed by atoms with Gasteiger partial charge in [-0.15, -0.1) is 11.3 Å². The van der Waals surface area contributed by atoms with E-state index in [1.165, 1.54) is 15.4 Å². The summed E-state index contributed by atoms with van der Waals surface area (Å²) in [6, 6.07) is 14.3. The van der Waals surface area contributed by atoms with Gasteiger partial charge in [0.25, 0.3) is 0 Å². The molecule has 0 fully saturated rings. The van der Waals surface area contributed by atoms with Crippen molar-refractivity contribution < 1.29 is 4.42 Å². The van der Waals surface area contributed by atoms with Crippen LogP contribution in [-0.4, -0.2) is 11.5 Å². The number of aromatic nitrogens is 1. The molecule has 3 nitrogen and oxygen atoms in total. The molecule has 108 valence electrons. The average Bonchev–Trinajstić information content (AvgIpc) is 3.14. The molecule has 3 rings (SSSR count). The molecule has 1 N–H and O–H groups in total. The second-order valence-electron chi connectivity index (χ2n) is 4.88. The lowest BCUT2D eigenvalue weighted by molar-refractivity contribution is 0.484. The van der Waals surface area contributed by atoms with Gasteiger partial charge < -0.3 is 9.73 Å². The SMILES string of the molecule is Cc1sc(CCNCc2ccco2)nc1-c1ccccc1. The van der Waals surface area contributed by atoms with Crippen LogP contribution in [0.15, 0.2) is 53.1 Å².